The molecule has 0 saturated heterocycles. The molecule has 4 heteroatoms. The number of aryl methyl sites for hydroxylation is 1. The van der Waals surface area contributed by atoms with E-state index in [9.17, 15) is 0 Å². The van der Waals surface area contributed by atoms with Crippen LogP contribution in [0.3, 0.4) is 0 Å². The molecule has 0 fully saturated rings. The molecule has 0 heterocycles. The van der Waals surface area contributed by atoms with Crippen molar-refractivity contribution in [3.05, 3.63) is 57.6 Å². The van der Waals surface area contributed by atoms with Gasteiger partial charge in [0.05, 0.1) is 10.7 Å². The third-order valence-electron chi connectivity index (χ3n) is 2.79. The van der Waals surface area contributed by atoms with Crippen molar-refractivity contribution in [2.24, 2.45) is 4.99 Å². The number of rotatable bonds is 4. The first-order chi connectivity index (χ1) is 10.1. The number of terminal acetylenes is 1. The van der Waals surface area contributed by atoms with Gasteiger partial charge in [-0.25, -0.2) is 0 Å². The highest BCUT2D eigenvalue weighted by Crippen LogP contribution is 2.26. The van der Waals surface area contributed by atoms with Crippen molar-refractivity contribution in [2.45, 2.75) is 6.92 Å². The van der Waals surface area contributed by atoms with E-state index in [2.05, 4.69) is 10.9 Å². The number of hydrogen-bond donors (Lipinski definition) is 0. The van der Waals surface area contributed by atoms with Crippen LogP contribution in [0.15, 0.2) is 41.4 Å². The van der Waals surface area contributed by atoms with Gasteiger partial charge >= 0.3 is 0 Å². The maximum atomic E-state index is 6.12. The highest BCUT2D eigenvalue weighted by molar-refractivity contribution is 6.32. The molecule has 0 radical (unpaired) electrons. The van der Waals surface area contributed by atoms with Crippen molar-refractivity contribution in [1.29, 1.82) is 0 Å². The van der Waals surface area contributed by atoms with Crippen molar-refractivity contribution in [3.63, 3.8) is 0 Å². The SMILES string of the molecule is C#CCOc1ccc(C=Nc2ccc(C)c(Cl)c2)cc1Cl. The van der Waals surface area contributed by atoms with E-state index >= 15 is 0 Å². The Labute approximate surface area is 134 Å². The van der Waals surface area contributed by atoms with Crippen LogP contribution in [0.2, 0.25) is 10.0 Å². The Hall–Kier alpha value is -1.95. The summed E-state index contributed by atoms with van der Waals surface area (Å²) < 4.78 is 5.30. The first kappa shape index (κ1) is 15.4. The van der Waals surface area contributed by atoms with Crippen LogP contribution in [0, 0.1) is 19.3 Å². The second kappa shape index (κ2) is 7.17. The van der Waals surface area contributed by atoms with Gasteiger partial charge in [-0.15, -0.1) is 6.42 Å². The zero-order chi connectivity index (χ0) is 15.2. The first-order valence-electron chi connectivity index (χ1n) is 6.26. The molecule has 2 nitrogen and oxygen atoms in total. The molecule has 2 aromatic rings. The number of nitrogens with zero attached hydrogens (tertiary/aromatic N) is 1. The Morgan fingerprint density at radius 1 is 1.19 bits per heavy atom. The monoisotopic (exact) mass is 317 g/mol. The lowest BCUT2D eigenvalue weighted by atomic mass is 10.2. The zero-order valence-corrected chi connectivity index (χ0v) is 12.9. The van der Waals surface area contributed by atoms with Crippen molar-refractivity contribution < 1.29 is 4.74 Å². The fraction of sp³-hybridized carbons (Fsp3) is 0.118. The number of halogens is 2. The predicted octanol–water partition coefficient (Wildman–Crippen LogP) is 5.06. The van der Waals surface area contributed by atoms with E-state index in [1.54, 1.807) is 18.3 Å². The molecule has 0 aromatic heterocycles. The van der Waals surface area contributed by atoms with Gasteiger partial charge in [-0.05, 0) is 48.4 Å². The second-order valence-corrected chi connectivity index (χ2v) is 5.19. The normalized spacial score (nSPS) is 10.6. The van der Waals surface area contributed by atoms with E-state index in [1.165, 1.54) is 0 Å². The molecule has 2 aromatic carbocycles. The Balaban J connectivity index is 2.15. The van der Waals surface area contributed by atoms with Gasteiger partial charge in [-0.2, -0.15) is 0 Å². The van der Waals surface area contributed by atoms with Crippen LogP contribution in [0.4, 0.5) is 5.69 Å². The molecule has 0 bridgehead atoms. The number of benzene rings is 2. The van der Waals surface area contributed by atoms with Crippen molar-refractivity contribution in [2.75, 3.05) is 6.61 Å². The topological polar surface area (TPSA) is 21.6 Å². The fourth-order valence-corrected chi connectivity index (χ4v) is 2.06. The summed E-state index contributed by atoms with van der Waals surface area (Å²) in [5.41, 5.74) is 2.67. The van der Waals surface area contributed by atoms with E-state index in [-0.39, 0.29) is 6.61 Å². The van der Waals surface area contributed by atoms with Gasteiger partial charge < -0.3 is 4.74 Å². The van der Waals surface area contributed by atoms with Crippen LogP contribution in [0.25, 0.3) is 0 Å². The van der Waals surface area contributed by atoms with E-state index in [4.69, 9.17) is 34.4 Å². The van der Waals surface area contributed by atoms with Crippen LogP contribution >= 0.6 is 23.2 Å². The summed E-state index contributed by atoms with van der Waals surface area (Å²) in [5, 5.41) is 1.19. The number of aliphatic imine (C=N–C) groups is 1. The molecular weight excluding hydrogens is 305 g/mol. The van der Waals surface area contributed by atoms with Crippen LogP contribution in [0.5, 0.6) is 5.75 Å². The van der Waals surface area contributed by atoms with Gasteiger partial charge in [0.25, 0.3) is 0 Å². The Bertz CT molecular complexity index is 717. The summed E-state index contributed by atoms with van der Waals surface area (Å²) in [6.45, 7) is 2.14. The van der Waals surface area contributed by atoms with Gasteiger partial charge in [0.15, 0.2) is 0 Å². The lowest BCUT2D eigenvalue weighted by Gasteiger charge is -2.05. The summed E-state index contributed by atoms with van der Waals surface area (Å²) in [6.07, 6.45) is 6.86. The Morgan fingerprint density at radius 2 is 2.00 bits per heavy atom. The lowest BCUT2D eigenvalue weighted by Crippen LogP contribution is -1.94. The van der Waals surface area contributed by atoms with E-state index in [1.807, 2.05) is 31.2 Å². The standard InChI is InChI=1S/C17H13Cl2NO/c1-3-8-21-17-7-5-13(9-16(17)19)11-20-14-6-4-12(2)15(18)10-14/h1,4-7,9-11H,8H2,2H3. The summed E-state index contributed by atoms with van der Waals surface area (Å²) in [6, 6.07) is 11.1. The van der Waals surface area contributed by atoms with Gasteiger partial charge in [0.2, 0.25) is 0 Å². The third kappa shape index (κ3) is 4.26. The summed E-state index contributed by atoms with van der Waals surface area (Å²) in [4.78, 5) is 4.37. The van der Waals surface area contributed by atoms with E-state index < -0.39 is 0 Å². The second-order valence-electron chi connectivity index (χ2n) is 4.37. The van der Waals surface area contributed by atoms with Crippen LogP contribution in [-0.4, -0.2) is 12.8 Å². The maximum absolute atomic E-state index is 6.12. The molecule has 2 rings (SSSR count). The molecule has 0 aliphatic rings. The summed E-state index contributed by atoms with van der Waals surface area (Å²) in [5.74, 6) is 2.96. The van der Waals surface area contributed by atoms with E-state index in [0.717, 1.165) is 16.8 Å². The molecule has 0 unspecified atom stereocenters. The largest absolute Gasteiger partial charge is 0.479 e. The molecule has 106 valence electrons. The van der Waals surface area contributed by atoms with Gasteiger partial charge in [-0.1, -0.05) is 35.2 Å². The first-order valence-corrected chi connectivity index (χ1v) is 7.02. The van der Waals surface area contributed by atoms with Crippen molar-refractivity contribution in [3.8, 4) is 18.1 Å². The molecule has 21 heavy (non-hydrogen) atoms. The average molecular weight is 318 g/mol. The predicted molar refractivity (Wildman–Crippen MR) is 89.2 cm³/mol. The molecular formula is C17H13Cl2NO. The number of hydrogen-bond acceptors (Lipinski definition) is 2. The van der Waals surface area contributed by atoms with Crippen LogP contribution < -0.4 is 4.74 Å². The molecule has 0 aliphatic carbocycles. The molecule has 0 spiro atoms. The van der Waals surface area contributed by atoms with Crippen LogP contribution in [-0.2, 0) is 0 Å². The minimum atomic E-state index is 0.190. The van der Waals surface area contributed by atoms with Crippen molar-refractivity contribution in [1.82, 2.24) is 0 Å². The molecule has 0 saturated carbocycles. The zero-order valence-electron chi connectivity index (χ0n) is 11.4. The minimum Gasteiger partial charge on any atom is -0.479 e. The minimum absolute atomic E-state index is 0.190. The summed E-state index contributed by atoms with van der Waals surface area (Å²) in [7, 11) is 0. The molecule has 0 N–H and O–H groups in total. The van der Waals surface area contributed by atoms with Crippen molar-refractivity contribution >= 4 is 35.1 Å². The molecule has 0 atom stereocenters. The van der Waals surface area contributed by atoms with Gasteiger partial charge in [0.1, 0.15) is 12.4 Å². The smallest absolute Gasteiger partial charge is 0.148 e. The van der Waals surface area contributed by atoms with Gasteiger partial charge in [0, 0.05) is 11.2 Å². The average Bonchev–Trinajstić information content (AvgIpc) is 2.47. The van der Waals surface area contributed by atoms with Crippen LogP contribution in [0.1, 0.15) is 11.1 Å². The Morgan fingerprint density at radius 3 is 2.67 bits per heavy atom. The quantitative estimate of drug-likeness (QED) is 0.570. The number of ether oxygens (including phenoxy) is 1. The summed E-state index contributed by atoms with van der Waals surface area (Å²) >= 11 is 12.2. The van der Waals surface area contributed by atoms with Gasteiger partial charge in [-0.3, -0.25) is 4.99 Å². The highest BCUT2D eigenvalue weighted by atomic mass is 35.5. The molecule has 0 aliphatic heterocycles. The lowest BCUT2D eigenvalue weighted by molar-refractivity contribution is 0.370. The fourth-order valence-electron chi connectivity index (χ4n) is 1.65. The molecule has 0 amide bonds. The highest BCUT2D eigenvalue weighted by Gasteiger charge is 2.02. The third-order valence-corrected chi connectivity index (χ3v) is 3.49. The Kier molecular flexibility index (Phi) is 5.27. The van der Waals surface area contributed by atoms with E-state index in [0.29, 0.717) is 15.8 Å². The maximum Gasteiger partial charge on any atom is 0.148 e.